The molecule has 3 aromatic rings. The smallest absolute Gasteiger partial charge is 0.230 e. The van der Waals surface area contributed by atoms with Gasteiger partial charge in [0.25, 0.3) is 0 Å². The Bertz CT molecular complexity index is 728. The normalized spacial score (nSPS) is 11.0. The van der Waals surface area contributed by atoms with E-state index in [1.807, 2.05) is 30.3 Å². The highest BCUT2D eigenvalue weighted by Gasteiger charge is 2.17. The summed E-state index contributed by atoms with van der Waals surface area (Å²) in [6.45, 7) is 4.36. The van der Waals surface area contributed by atoms with Gasteiger partial charge in [0.1, 0.15) is 5.69 Å². The number of nitrogen functional groups attached to an aromatic ring is 1. The zero-order valence-corrected chi connectivity index (χ0v) is 12.2. The van der Waals surface area contributed by atoms with Gasteiger partial charge in [0.2, 0.25) is 5.88 Å². The van der Waals surface area contributed by atoms with Gasteiger partial charge in [-0.25, -0.2) is 0 Å². The molecule has 0 fully saturated rings. The van der Waals surface area contributed by atoms with Gasteiger partial charge in [0.15, 0.2) is 0 Å². The third-order valence-corrected chi connectivity index (χ3v) is 3.63. The van der Waals surface area contributed by atoms with E-state index in [4.69, 9.17) is 10.3 Å². The fraction of sp³-hybridized carbons (Fsp3) is 0.167. The monoisotopic (exact) mass is 278 g/mol. The van der Waals surface area contributed by atoms with Crippen LogP contribution in [0.2, 0.25) is 0 Å². The molecular weight excluding hydrogens is 260 g/mol. The van der Waals surface area contributed by atoms with Gasteiger partial charge in [-0.15, -0.1) is 0 Å². The molecule has 0 atom stereocenters. The Kier molecular flexibility index (Phi) is 3.48. The SMILES string of the molecule is CC(C)c1ccc(-c2c(-c3ccccc3)noc2N)cc1. The first-order valence-corrected chi connectivity index (χ1v) is 7.07. The van der Waals surface area contributed by atoms with Gasteiger partial charge in [-0.05, 0) is 17.0 Å². The highest BCUT2D eigenvalue weighted by Crippen LogP contribution is 2.36. The molecule has 3 heteroatoms. The van der Waals surface area contributed by atoms with E-state index in [0.29, 0.717) is 11.8 Å². The van der Waals surface area contributed by atoms with Crippen molar-refractivity contribution >= 4 is 5.88 Å². The number of aromatic nitrogens is 1. The molecule has 21 heavy (non-hydrogen) atoms. The van der Waals surface area contributed by atoms with Crippen LogP contribution < -0.4 is 5.73 Å². The molecule has 3 nitrogen and oxygen atoms in total. The first-order chi connectivity index (χ1) is 10.2. The molecule has 0 amide bonds. The summed E-state index contributed by atoms with van der Waals surface area (Å²) in [4.78, 5) is 0. The number of hydrogen-bond acceptors (Lipinski definition) is 3. The van der Waals surface area contributed by atoms with E-state index in [9.17, 15) is 0 Å². The van der Waals surface area contributed by atoms with Crippen molar-refractivity contribution in [3.05, 3.63) is 60.2 Å². The van der Waals surface area contributed by atoms with Crippen molar-refractivity contribution in [2.45, 2.75) is 19.8 Å². The van der Waals surface area contributed by atoms with Crippen LogP contribution in [-0.4, -0.2) is 5.16 Å². The minimum absolute atomic E-state index is 0.353. The first-order valence-electron chi connectivity index (χ1n) is 7.07. The van der Waals surface area contributed by atoms with E-state index in [1.165, 1.54) is 5.56 Å². The predicted octanol–water partition coefficient (Wildman–Crippen LogP) is 4.71. The maximum absolute atomic E-state index is 5.98. The Morgan fingerprint density at radius 2 is 1.57 bits per heavy atom. The molecule has 0 spiro atoms. The maximum atomic E-state index is 5.98. The van der Waals surface area contributed by atoms with E-state index in [1.54, 1.807) is 0 Å². The average Bonchev–Trinajstić information content (AvgIpc) is 2.90. The van der Waals surface area contributed by atoms with Crippen molar-refractivity contribution < 1.29 is 4.52 Å². The van der Waals surface area contributed by atoms with Crippen LogP contribution in [0.5, 0.6) is 0 Å². The highest BCUT2D eigenvalue weighted by molar-refractivity contribution is 5.86. The fourth-order valence-electron chi connectivity index (χ4n) is 2.41. The number of nitrogens with zero attached hydrogens (tertiary/aromatic N) is 1. The lowest BCUT2D eigenvalue weighted by molar-refractivity contribution is 0.439. The molecule has 0 radical (unpaired) electrons. The minimum Gasteiger partial charge on any atom is -0.367 e. The van der Waals surface area contributed by atoms with E-state index in [2.05, 4.69) is 43.3 Å². The Balaban J connectivity index is 2.08. The largest absolute Gasteiger partial charge is 0.367 e. The van der Waals surface area contributed by atoms with Crippen LogP contribution in [-0.2, 0) is 0 Å². The molecule has 2 N–H and O–H groups in total. The van der Waals surface area contributed by atoms with Crippen LogP contribution in [0.15, 0.2) is 59.1 Å². The third-order valence-electron chi connectivity index (χ3n) is 3.63. The van der Waals surface area contributed by atoms with E-state index in [0.717, 1.165) is 22.4 Å². The summed E-state index contributed by atoms with van der Waals surface area (Å²) in [5, 5.41) is 4.12. The maximum Gasteiger partial charge on any atom is 0.230 e. The highest BCUT2D eigenvalue weighted by atomic mass is 16.5. The van der Waals surface area contributed by atoms with Gasteiger partial charge in [-0.3, -0.25) is 0 Å². The molecule has 1 aromatic heterocycles. The van der Waals surface area contributed by atoms with Crippen molar-refractivity contribution in [1.82, 2.24) is 5.16 Å². The molecule has 2 aromatic carbocycles. The summed E-state index contributed by atoms with van der Waals surface area (Å²) in [7, 11) is 0. The molecular formula is C18H18N2O. The van der Waals surface area contributed by atoms with Crippen LogP contribution in [0.1, 0.15) is 25.3 Å². The minimum atomic E-state index is 0.353. The molecule has 0 aliphatic carbocycles. The predicted molar refractivity (Wildman–Crippen MR) is 85.9 cm³/mol. The van der Waals surface area contributed by atoms with Crippen molar-refractivity contribution in [2.75, 3.05) is 5.73 Å². The van der Waals surface area contributed by atoms with Crippen molar-refractivity contribution in [1.29, 1.82) is 0 Å². The van der Waals surface area contributed by atoms with Gasteiger partial charge in [-0.1, -0.05) is 73.6 Å². The van der Waals surface area contributed by atoms with Crippen LogP contribution in [0.4, 0.5) is 5.88 Å². The number of nitrogens with two attached hydrogens (primary N) is 1. The standard InChI is InChI=1S/C18H18N2O/c1-12(2)13-8-10-14(11-9-13)16-17(20-21-18(16)19)15-6-4-3-5-7-15/h3-12H,19H2,1-2H3. The second kappa shape index (κ2) is 5.44. The van der Waals surface area contributed by atoms with Crippen LogP contribution in [0.3, 0.4) is 0 Å². The number of hydrogen-bond donors (Lipinski definition) is 1. The molecule has 0 aliphatic rings. The molecule has 0 saturated carbocycles. The van der Waals surface area contributed by atoms with Crippen molar-refractivity contribution in [3.63, 3.8) is 0 Å². The molecule has 0 bridgehead atoms. The zero-order chi connectivity index (χ0) is 14.8. The Morgan fingerprint density at radius 1 is 0.905 bits per heavy atom. The summed E-state index contributed by atoms with van der Waals surface area (Å²) in [5.74, 6) is 0.860. The van der Waals surface area contributed by atoms with Crippen molar-refractivity contribution in [2.24, 2.45) is 0 Å². The number of benzene rings is 2. The molecule has 0 unspecified atom stereocenters. The van der Waals surface area contributed by atoms with Crippen molar-refractivity contribution in [3.8, 4) is 22.4 Å². The molecule has 0 aliphatic heterocycles. The van der Waals surface area contributed by atoms with E-state index < -0.39 is 0 Å². The molecule has 3 rings (SSSR count). The molecule has 106 valence electrons. The second-order valence-electron chi connectivity index (χ2n) is 5.41. The van der Waals surface area contributed by atoms with E-state index in [-0.39, 0.29) is 0 Å². The number of anilines is 1. The number of rotatable bonds is 3. The summed E-state index contributed by atoms with van der Waals surface area (Å²) >= 11 is 0. The summed E-state index contributed by atoms with van der Waals surface area (Å²) in [5.41, 5.74) is 10.9. The summed E-state index contributed by atoms with van der Waals surface area (Å²) < 4.78 is 5.21. The lowest BCUT2D eigenvalue weighted by Gasteiger charge is -2.07. The quantitative estimate of drug-likeness (QED) is 0.754. The van der Waals surface area contributed by atoms with Gasteiger partial charge >= 0.3 is 0 Å². The van der Waals surface area contributed by atoms with Gasteiger partial charge in [0.05, 0.1) is 5.56 Å². The van der Waals surface area contributed by atoms with Gasteiger partial charge < -0.3 is 10.3 Å². The summed E-state index contributed by atoms with van der Waals surface area (Å²) in [6.07, 6.45) is 0. The zero-order valence-electron chi connectivity index (χ0n) is 12.2. The van der Waals surface area contributed by atoms with E-state index >= 15 is 0 Å². The molecule has 1 heterocycles. The average molecular weight is 278 g/mol. The fourth-order valence-corrected chi connectivity index (χ4v) is 2.41. The lowest BCUT2D eigenvalue weighted by Crippen LogP contribution is -1.90. The second-order valence-corrected chi connectivity index (χ2v) is 5.41. The third kappa shape index (κ3) is 2.55. The van der Waals surface area contributed by atoms with Gasteiger partial charge in [-0.2, -0.15) is 0 Å². The van der Waals surface area contributed by atoms with Crippen LogP contribution >= 0.6 is 0 Å². The lowest BCUT2D eigenvalue weighted by atomic mass is 9.97. The van der Waals surface area contributed by atoms with Crippen LogP contribution in [0, 0.1) is 0 Å². The van der Waals surface area contributed by atoms with Gasteiger partial charge in [0, 0.05) is 5.56 Å². The Labute approximate surface area is 124 Å². The molecule has 0 saturated heterocycles. The topological polar surface area (TPSA) is 52.0 Å². The first kappa shape index (κ1) is 13.4. The Morgan fingerprint density at radius 3 is 2.19 bits per heavy atom. The van der Waals surface area contributed by atoms with Crippen LogP contribution in [0.25, 0.3) is 22.4 Å². The Hall–Kier alpha value is -2.55. The summed E-state index contributed by atoms with van der Waals surface area (Å²) in [6, 6.07) is 18.3.